The van der Waals surface area contributed by atoms with E-state index in [4.69, 9.17) is 0 Å². The lowest BCUT2D eigenvalue weighted by Gasteiger charge is -2.25. The molecule has 2 aromatic carbocycles. The molecule has 2 aromatic rings. The van der Waals surface area contributed by atoms with E-state index in [1.807, 2.05) is 77.6 Å². The summed E-state index contributed by atoms with van der Waals surface area (Å²) in [7, 11) is 0. The van der Waals surface area contributed by atoms with Crippen LogP contribution in [-0.4, -0.2) is 29.4 Å². The van der Waals surface area contributed by atoms with Crippen LogP contribution in [0.2, 0.25) is 0 Å². The molecule has 6 nitrogen and oxygen atoms in total. The first-order valence-corrected chi connectivity index (χ1v) is 12.8. The van der Waals surface area contributed by atoms with Gasteiger partial charge in [0.15, 0.2) is 0 Å². The number of amides is 2. The zero-order valence-electron chi connectivity index (χ0n) is 23.2. The normalized spacial score (nSPS) is 18.3. The third-order valence-corrected chi connectivity index (χ3v) is 6.52. The van der Waals surface area contributed by atoms with Crippen molar-refractivity contribution in [3.8, 4) is 0 Å². The van der Waals surface area contributed by atoms with Crippen molar-refractivity contribution < 1.29 is 9.59 Å². The van der Waals surface area contributed by atoms with Crippen LogP contribution in [0.1, 0.15) is 85.9 Å². The van der Waals surface area contributed by atoms with E-state index >= 15 is 0 Å². The average molecular weight is 487 g/mol. The van der Waals surface area contributed by atoms with Gasteiger partial charge in [-0.05, 0) is 83.7 Å². The van der Waals surface area contributed by atoms with Gasteiger partial charge in [0, 0.05) is 23.2 Å². The van der Waals surface area contributed by atoms with Crippen LogP contribution in [0.5, 0.6) is 0 Å². The summed E-state index contributed by atoms with van der Waals surface area (Å²) in [6.07, 6.45) is 0. The predicted molar refractivity (Wildman–Crippen MR) is 148 cm³/mol. The lowest BCUT2D eigenvalue weighted by atomic mass is 9.85. The second kappa shape index (κ2) is 8.68. The Hall–Kier alpha value is -3.28. The molecule has 0 saturated heterocycles. The van der Waals surface area contributed by atoms with Crippen molar-refractivity contribution in [3.05, 3.63) is 53.1 Å². The van der Waals surface area contributed by atoms with Gasteiger partial charge in [-0.1, -0.05) is 32.9 Å². The second-order valence-electron chi connectivity index (χ2n) is 12.3. The Morgan fingerprint density at radius 3 is 1.61 bits per heavy atom. The summed E-state index contributed by atoms with van der Waals surface area (Å²) in [6.45, 7) is 20.5. The molecule has 0 spiro atoms. The van der Waals surface area contributed by atoms with Gasteiger partial charge in [-0.15, -0.1) is 0 Å². The standard InChI is InChI=1S/C30H38N4O2/c1-17(2)33-23-15-19(29(5,6)7)11-13-21(23)25(27(33)35)26-22-14-12-20(31-32-30(8,9)10)16-24(22)34(18(3)4)28(26)36/h11-18H,1-10H3/b26-25+,32-31?. The summed E-state index contributed by atoms with van der Waals surface area (Å²) in [5, 5.41) is 8.80. The Kier molecular flexibility index (Phi) is 6.22. The zero-order chi connectivity index (χ0) is 26.7. The highest BCUT2D eigenvalue weighted by atomic mass is 16.2. The lowest BCUT2D eigenvalue weighted by molar-refractivity contribution is -0.115. The van der Waals surface area contributed by atoms with Crippen LogP contribution in [0.4, 0.5) is 17.1 Å². The Labute approximate surface area is 215 Å². The fraction of sp³-hybridized carbons (Fsp3) is 0.467. The summed E-state index contributed by atoms with van der Waals surface area (Å²) in [5.41, 5.74) is 5.66. The summed E-state index contributed by atoms with van der Waals surface area (Å²) >= 11 is 0. The first-order chi connectivity index (χ1) is 16.6. The molecule has 2 aliphatic heterocycles. The first-order valence-electron chi connectivity index (χ1n) is 12.8. The van der Waals surface area contributed by atoms with Crippen LogP contribution in [0.15, 0.2) is 46.6 Å². The van der Waals surface area contributed by atoms with Gasteiger partial charge in [-0.2, -0.15) is 10.2 Å². The number of carbonyl (C=O) groups excluding carboxylic acids is 2. The number of hydrogen-bond donors (Lipinski definition) is 0. The summed E-state index contributed by atoms with van der Waals surface area (Å²) in [4.78, 5) is 31.4. The van der Waals surface area contributed by atoms with E-state index in [1.165, 1.54) is 0 Å². The third-order valence-electron chi connectivity index (χ3n) is 6.52. The second-order valence-corrected chi connectivity index (χ2v) is 12.3. The minimum absolute atomic E-state index is 0.0399. The molecule has 2 heterocycles. The molecule has 190 valence electrons. The number of benzene rings is 2. The molecule has 2 aliphatic rings. The minimum atomic E-state index is -0.300. The van der Waals surface area contributed by atoms with Crippen molar-refractivity contribution >= 4 is 40.0 Å². The van der Waals surface area contributed by atoms with Crippen molar-refractivity contribution in [2.24, 2.45) is 10.2 Å². The quantitative estimate of drug-likeness (QED) is 0.338. The molecule has 4 rings (SSSR count). The monoisotopic (exact) mass is 486 g/mol. The summed E-state index contributed by atoms with van der Waals surface area (Å²) < 4.78 is 0. The fourth-order valence-electron chi connectivity index (χ4n) is 4.81. The molecule has 6 heteroatoms. The molecule has 2 amide bonds. The smallest absolute Gasteiger partial charge is 0.260 e. The van der Waals surface area contributed by atoms with Gasteiger partial charge in [0.1, 0.15) is 0 Å². The Bertz CT molecular complexity index is 1300. The molecule has 0 saturated carbocycles. The number of fused-ring (bicyclic) bond motifs is 2. The number of nitrogens with zero attached hydrogens (tertiary/aromatic N) is 4. The van der Waals surface area contributed by atoms with Crippen molar-refractivity contribution in [1.82, 2.24) is 0 Å². The summed E-state index contributed by atoms with van der Waals surface area (Å²) in [6, 6.07) is 11.8. The highest BCUT2D eigenvalue weighted by Gasteiger charge is 2.43. The van der Waals surface area contributed by atoms with E-state index in [-0.39, 0.29) is 34.9 Å². The first kappa shape index (κ1) is 25.8. The van der Waals surface area contributed by atoms with Crippen LogP contribution in [0.3, 0.4) is 0 Å². The van der Waals surface area contributed by atoms with Gasteiger partial charge >= 0.3 is 0 Å². The molecule has 0 aromatic heterocycles. The molecule has 0 atom stereocenters. The molecular weight excluding hydrogens is 448 g/mol. The highest BCUT2D eigenvalue weighted by Crippen LogP contribution is 2.49. The molecule has 36 heavy (non-hydrogen) atoms. The van der Waals surface area contributed by atoms with Crippen molar-refractivity contribution in [1.29, 1.82) is 0 Å². The van der Waals surface area contributed by atoms with Gasteiger partial charge in [-0.25, -0.2) is 0 Å². The van der Waals surface area contributed by atoms with Crippen LogP contribution < -0.4 is 9.80 Å². The number of carbonyl (C=O) groups is 2. The van der Waals surface area contributed by atoms with Gasteiger partial charge < -0.3 is 9.80 Å². The van der Waals surface area contributed by atoms with Crippen LogP contribution in [0, 0.1) is 0 Å². The molecule has 0 fully saturated rings. The molecule has 0 unspecified atom stereocenters. The third kappa shape index (κ3) is 4.38. The van der Waals surface area contributed by atoms with Crippen LogP contribution in [-0.2, 0) is 15.0 Å². The van der Waals surface area contributed by atoms with Crippen LogP contribution >= 0.6 is 0 Å². The van der Waals surface area contributed by atoms with Crippen molar-refractivity contribution in [2.75, 3.05) is 9.80 Å². The Balaban J connectivity index is 1.97. The van der Waals surface area contributed by atoms with E-state index in [0.717, 1.165) is 28.1 Å². The maximum absolute atomic E-state index is 13.9. The molecule has 0 aliphatic carbocycles. The molecular formula is C30H38N4O2. The Morgan fingerprint density at radius 1 is 0.694 bits per heavy atom. The minimum Gasteiger partial charge on any atom is -0.305 e. The fourth-order valence-corrected chi connectivity index (χ4v) is 4.81. The zero-order valence-corrected chi connectivity index (χ0v) is 23.2. The summed E-state index contributed by atoms with van der Waals surface area (Å²) in [5.74, 6) is -0.271. The maximum atomic E-state index is 13.9. The van der Waals surface area contributed by atoms with E-state index < -0.39 is 0 Å². The van der Waals surface area contributed by atoms with Gasteiger partial charge in [-0.3, -0.25) is 9.59 Å². The predicted octanol–water partition coefficient (Wildman–Crippen LogP) is 7.29. The lowest BCUT2D eigenvalue weighted by Crippen LogP contribution is -2.35. The highest BCUT2D eigenvalue weighted by molar-refractivity contribution is 6.50. The topological polar surface area (TPSA) is 65.3 Å². The molecule has 0 radical (unpaired) electrons. The van der Waals surface area contributed by atoms with Crippen molar-refractivity contribution in [2.45, 2.75) is 92.3 Å². The largest absolute Gasteiger partial charge is 0.305 e. The van der Waals surface area contributed by atoms with Gasteiger partial charge in [0.05, 0.1) is 33.7 Å². The molecule has 0 bridgehead atoms. The SMILES string of the molecule is CC(C)N1C(=O)/C(=C2/C(=O)N(C(C)C)c3cc(C(C)(C)C)ccc32)c2ccc(N=NC(C)(C)C)cc21. The van der Waals surface area contributed by atoms with E-state index in [0.29, 0.717) is 16.8 Å². The number of hydrogen-bond acceptors (Lipinski definition) is 4. The number of rotatable bonds is 3. The number of anilines is 2. The van der Waals surface area contributed by atoms with E-state index in [2.05, 4.69) is 43.1 Å². The Morgan fingerprint density at radius 2 is 1.17 bits per heavy atom. The van der Waals surface area contributed by atoms with E-state index in [9.17, 15) is 9.59 Å². The average Bonchev–Trinajstić information content (AvgIpc) is 3.19. The van der Waals surface area contributed by atoms with Crippen LogP contribution in [0.25, 0.3) is 11.1 Å². The van der Waals surface area contributed by atoms with E-state index in [1.54, 1.807) is 4.90 Å². The van der Waals surface area contributed by atoms with Gasteiger partial charge in [0.25, 0.3) is 11.8 Å². The van der Waals surface area contributed by atoms with Crippen molar-refractivity contribution in [3.63, 3.8) is 0 Å². The molecule has 0 N–H and O–H groups in total. The maximum Gasteiger partial charge on any atom is 0.260 e. The number of azo groups is 1. The van der Waals surface area contributed by atoms with Gasteiger partial charge in [0.2, 0.25) is 0 Å².